The van der Waals surface area contributed by atoms with Crippen molar-refractivity contribution in [3.8, 4) is 0 Å². The Morgan fingerprint density at radius 3 is 2.82 bits per heavy atom. The lowest BCUT2D eigenvalue weighted by Crippen LogP contribution is -2.50. The van der Waals surface area contributed by atoms with E-state index in [4.69, 9.17) is 16.3 Å². The number of hydrogen-bond donors (Lipinski definition) is 2. The van der Waals surface area contributed by atoms with Crippen LogP contribution in [-0.4, -0.2) is 38.3 Å². The van der Waals surface area contributed by atoms with Gasteiger partial charge in [0.15, 0.2) is 0 Å². The third-order valence-electron chi connectivity index (χ3n) is 4.84. The van der Waals surface area contributed by atoms with Crippen molar-refractivity contribution in [2.75, 3.05) is 26.3 Å². The maximum atomic E-state index is 13.0. The molecule has 3 rings (SSSR count). The lowest BCUT2D eigenvalue weighted by atomic mass is 9.73. The molecule has 1 amide bonds. The van der Waals surface area contributed by atoms with E-state index in [9.17, 15) is 4.79 Å². The van der Waals surface area contributed by atoms with Crippen molar-refractivity contribution in [2.45, 2.75) is 37.1 Å². The monoisotopic (exact) mass is 322 g/mol. The molecule has 22 heavy (non-hydrogen) atoms. The summed E-state index contributed by atoms with van der Waals surface area (Å²) in [4.78, 5) is 13.0. The molecule has 0 saturated carbocycles. The molecule has 5 heteroatoms. The largest absolute Gasteiger partial charge is 0.381 e. The number of rotatable bonds is 4. The van der Waals surface area contributed by atoms with E-state index in [-0.39, 0.29) is 5.91 Å². The minimum atomic E-state index is -0.560. The van der Waals surface area contributed by atoms with Crippen LogP contribution in [0.5, 0.6) is 0 Å². The molecule has 4 nitrogen and oxygen atoms in total. The second kappa shape index (κ2) is 6.99. The molecule has 0 radical (unpaired) electrons. The number of hydrogen-bond acceptors (Lipinski definition) is 3. The van der Waals surface area contributed by atoms with Gasteiger partial charge in [-0.2, -0.15) is 0 Å². The van der Waals surface area contributed by atoms with Gasteiger partial charge in [0.1, 0.15) is 0 Å². The Kier molecular flexibility index (Phi) is 5.01. The van der Waals surface area contributed by atoms with Crippen LogP contribution in [0.2, 0.25) is 5.02 Å². The fourth-order valence-corrected chi connectivity index (χ4v) is 3.82. The van der Waals surface area contributed by atoms with E-state index in [2.05, 4.69) is 10.6 Å². The first-order chi connectivity index (χ1) is 10.7. The number of carbonyl (C=O) groups is 1. The molecule has 1 aromatic carbocycles. The summed E-state index contributed by atoms with van der Waals surface area (Å²) >= 11 is 6.39. The Hall–Kier alpha value is -1.10. The van der Waals surface area contributed by atoms with Crippen molar-refractivity contribution in [1.82, 2.24) is 10.6 Å². The van der Waals surface area contributed by atoms with Crippen molar-refractivity contribution in [1.29, 1.82) is 0 Å². The van der Waals surface area contributed by atoms with E-state index in [1.807, 2.05) is 24.3 Å². The zero-order chi connectivity index (χ0) is 15.4. The van der Waals surface area contributed by atoms with Crippen LogP contribution in [0, 0.1) is 0 Å². The summed E-state index contributed by atoms with van der Waals surface area (Å²) in [5, 5.41) is 7.22. The molecule has 1 unspecified atom stereocenters. The second-order valence-electron chi connectivity index (χ2n) is 6.18. The van der Waals surface area contributed by atoms with E-state index < -0.39 is 5.41 Å². The minimum absolute atomic E-state index is 0.0811. The third-order valence-corrected chi connectivity index (χ3v) is 5.17. The van der Waals surface area contributed by atoms with Crippen LogP contribution >= 0.6 is 11.6 Å². The first-order valence-corrected chi connectivity index (χ1v) is 8.45. The van der Waals surface area contributed by atoms with Gasteiger partial charge in [0.25, 0.3) is 0 Å². The summed E-state index contributed by atoms with van der Waals surface area (Å²) in [6.07, 6.45) is 3.67. The average molecular weight is 323 g/mol. The van der Waals surface area contributed by atoms with Crippen LogP contribution < -0.4 is 10.6 Å². The van der Waals surface area contributed by atoms with Crippen molar-refractivity contribution < 1.29 is 9.53 Å². The molecule has 2 fully saturated rings. The van der Waals surface area contributed by atoms with Crippen LogP contribution in [0.25, 0.3) is 0 Å². The number of carbonyl (C=O) groups excluding carboxylic acids is 1. The van der Waals surface area contributed by atoms with E-state index >= 15 is 0 Å². The van der Waals surface area contributed by atoms with Crippen molar-refractivity contribution >= 4 is 17.5 Å². The molecule has 120 valence electrons. The first-order valence-electron chi connectivity index (χ1n) is 8.07. The summed E-state index contributed by atoms with van der Waals surface area (Å²) < 4.78 is 5.48. The lowest BCUT2D eigenvalue weighted by Gasteiger charge is -2.37. The van der Waals surface area contributed by atoms with Crippen molar-refractivity contribution in [2.24, 2.45) is 0 Å². The van der Waals surface area contributed by atoms with Gasteiger partial charge in [0.05, 0.1) is 5.41 Å². The highest BCUT2D eigenvalue weighted by Gasteiger charge is 2.43. The Morgan fingerprint density at radius 2 is 2.14 bits per heavy atom. The zero-order valence-electron chi connectivity index (χ0n) is 12.7. The van der Waals surface area contributed by atoms with Crippen LogP contribution in [-0.2, 0) is 14.9 Å². The Bertz CT molecular complexity index is 523. The molecule has 1 atom stereocenters. The van der Waals surface area contributed by atoms with Gasteiger partial charge < -0.3 is 15.4 Å². The maximum Gasteiger partial charge on any atom is 0.230 e. The zero-order valence-corrected chi connectivity index (χ0v) is 13.5. The molecule has 2 saturated heterocycles. The smallest absolute Gasteiger partial charge is 0.230 e. The van der Waals surface area contributed by atoms with Crippen molar-refractivity contribution in [3.05, 3.63) is 34.9 Å². The molecule has 1 aromatic rings. The molecule has 2 aliphatic heterocycles. The molecule has 0 bridgehead atoms. The van der Waals surface area contributed by atoms with E-state index in [0.717, 1.165) is 18.5 Å². The van der Waals surface area contributed by atoms with Gasteiger partial charge in [-0.1, -0.05) is 29.8 Å². The number of halogens is 1. The highest BCUT2D eigenvalue weighted by Crippen LogP contribution is 2.38. The molecular formula is C17H23ClN2O2. The maximum absolute atomic E-state index is 13.0. The number of ether oxygens (including phenoxy) is 1. The summed E-state index contributed by atoms with van der Waals surface area (Å²) in [6.45, 7) is 2.93. The number of benzene rings is 1. The summed E-state index contributed by atoms with van der Waals surface area (Å²) in [5.74, 6) is 0.0811. The summed E-state index contributed by atoms with van der Waals surface area (Å²) in [7, 11) is 0. The Labute approximate surface area is 136 Å². The minimum Gasteiger partial charge on any atom is -0.381 e. The Balaban J connectivity index is 1.79. The topological polar surface area (TPSA) is 50.4 Å². The number of nitrogens with one attached hydrogen (secondary N) is 2. The molecule has 2 heterocycles. The predicted octanol–water partition coefficient (Wildman–Crippen LogP) is 2.26. The molecule has 0 aromatic heterocycles. The molecule has 0 aliphatic carbocycles. The highest BCUT2D eigenvalue weighted by atomic mass is 35.5. The quantitative estimate of drug-likeness (QED) is 0.894. The standard InChI is InChI=1S/C17H23ClN2O2/c18-15-6-2-1-5-14(15)17(7-10-22-11-8-17)16(21)20-12-13-4-3-9-19-13/h1-2,5-6,13,19H,3-4,7-12H2,(H,20,21). The van der Waals surface area contributed by atoms with Crippen LogP contribution in [0.1, 0.15) is 31.2 Å². The van der Waals surface area contributed by atoms with E-state index in [1.165, 1.54) is 6.42 Å². The van der Waals surface area contributed by atoms with Crippen LogP contribution in [0.15, 0.2) is 24.3 Å². The van der Waals surface area contributed by atoms with Gasteiger partial charge in [0, 0.05) is 30.8 Å². The summed E-state index contributed by atoms with van der Waals surface area (Å²) in [6, 6.07) is 8.08. The van der Waals surface area contributed by atoms with Crippen molar-refractivity contribution in [3.63, 3.8) is 0 Å². The summed E-state index contributed by atoms with van der Waals surface area (Å²) in [5.41, 5.74) is 0.367. The number of amides is 1. The molecule has 0 spiro atoms. The molecular weight excluding hydrogens is 300 g/mol. The fourth-order valence-electron chi connectivity index (χ4n) is 3.50. The van der Waals surface area contributed by atoms with Gasteiger partial charge in [0.2, 0.25) is 5.91 Å². The third kappa shape index (κ3) is 3.14. The first kappa shape index (κ1) is 15.8. The van der Waals surface area contributed by atoms with Gasteiger partial charge in [-0.3, -0.25) is 4.79 Å². The van der Waals surface area contributed by atoms with Crippen LogP contribution in [0.3, 0.4) is 0 Å². The molecule has 2 aliphatic rings. The Morgan fingerprint density at radius 1 is 1.36 bits per heavy atom. The normalized spacial score (nSPS) is 24.1. The lowest BCUT2D eigenvalue weighted by molar-refractivity contribution is -0.130. The van der Waals surface area contributed by atoms with Gasteiger partial charge in [-0.25, -0.2) is 0 Å². The average Bonchev–Trinajstić information content (AvgIpc) is 3.07. The SMILES string of the molecule is O=C(NCC1CCCN1)C1(c2ccccc2Cl)CCOCC1. The fraction of sp³-hybridized carbons (Fsp3) is 0.588. The van der Waals surface area contributed by atoms with Gasteiger partial charge in [-0.05, 0) is 43.9 Å². The van der Waals surface area contributed by atoms with E-state index in [1.54, 1.807) is 0 Å². The van der Waals surface area contributed by atoms with Crippen LogP contribution in [0.4, 0.5) is 0 Å². The van der Waals surface area contributed by atoms with E-state index in [0.29, 0.717) is 43.7 Å². The van der Waals surface area contributed by atoms with Gasteiger partial charge >= 0.3 is 0 Å². The molecule has 2 N–H and O–H groups in total. The highest BCUT2D eigenvalue weighted by molar-refractivity contribution is 6.31. The predicted molar refractivity (Wildman–Crippen MR) is 87.2 cm³/mol. The van der Waals surface area contributed by atoms with Gasteiger partial charge in [-0.15, -0.1) is 0 Å². The second-order valence-corrected chi connectivity index (χ2v) is 6.58.